The summed E-state index contributed by atoms with van der Waals surface area (Å²) in [6, 6.07) is 4.30. The summed E-state index contributed by atoms with van der Waals surface area (Å²) < 4.78 is 6.32. The van der Waals surface area contributed by atoms with Crippen molar-refractivity contribution in [3.8, 4) is 5.75 Å². The van der Waals surface area contributed by atoms with Crippen LogP contribution in [0.2, 0.25) is 0 Å². The van der Waals surface area contributed by atoms with Gasteiger partial charge in [-0.15, -0.1) is 16.7 Å². The summed E-state index contributed by atoms with van der Waals surface area (Å²) in [7, 11) is 0. The number of nitrogens with one attached hydrogen (secondary N) is 1. The molecule has 1 spiro atoms. The molecular weight excluding hydrogens is 406 g/mol. The molecule has 3 heteroatoms. The Morgan fingerprint density at radius 2 is 1.89 bits per heavy atom. The monoisotopic (exact) mass is 429 g/mol. The van der Waals surface area contributed by atoms with Crippen molar-refractivity contribution in [2.45, 2.75) is 38.7 Å². The zero-order valence-corrected chi connectivity index (χ0v) is 15.0. The average Bonchev–Trinajstić information content (AvgIpc) is 2.35. The first-order valence-corrected chi connectivity index (χ1v) is 6.53. The molecule has 1 N–H and O–H groups in total. The summed E-state index contributed by atoms with van der Waals surface area (Å²) in [6.07, 6.45) is 5.68. The van der Waals surface area contributed by atoms with Crippen molar-refractivity contribution in [2.75, 3.05) is 13.1 Å². The van der Waals surface area contributed by atoms with Crippen LogP contribution in [0.15, 0.2) is 12.1 Å². The van der Waals surface area contributed by atoms with E-state index >= 15 is 0 Å². The van der Waals surface area contributed by atoms with E-state index in [1.807, 2.05) is 0 Å². The van der Waals surface area contributed by atoms with Gasteiger partial charge in [0, 0.05) is 5.75 Å². The molecule has 0 unspecified atom stereocenters. The van der Waals surface area contributed by atoms with Crippen LogP contribution in [0.4, 0.5) is 0 Å². The predicted molar refractivity (Wildman–Crippen MR) is 75.8 cm³/mol. The normalized spacial score (nSPS) is 19.3. The Bertz CT molecular complexity index is 439. The number of hydrogen-bond acceptors (Lipinski definition) is 2. The molecule has 0 amide bonds. The molecule has 0 bridgehead atoms. The van der Waals surface area contributed by atoms with Crippen LogP contribution in [0.1, 0.15) is 36.0 Å². The maximum absolute atomic E-state index is 6.32. The molecular formula is C16H23NOW. The van der Waals surface area contributed by atoms with Gasteiger partial charge < -0.3 is 17.5 Å². The molecule has 104 valence electrons. The van der Waals surface area contributed by atoms with Gasteiger partial charge in [0.15, 0.2) is 0 Å². The summed E-state index contributed by atoms with van der Waals surface area (Å²) in [5.41, 5.74) is 4.10. The van der Waals surface area contributed by atoms with E-state index in [2.05, 4.69) is 37.7 Å². The van der Waals surface area contributed by atoms with Crippen LogP contribution in [-0.2, 0) is 21.1 Å². The van der Waals surface area contributed by atoms with Crippen LogP contribution in [0, 0.1) is 27.7 Å². The predicted octanol–water partition coefficient (Wildman–Crippen LogP) is 3.21. The van der Waals surface area contributed by atoms with E-state index in [1.165, 1.54) is 16.7 Å². The molecule has 0 atom stereocenters. The van der Waals surface area contributed by atoms with Gasteiger partial charge in [0.05, 0.1) is 5.60 Å². The van der Waals surface area contributed by atoms with E-state index in [-0.39, 0.29) is 34.1 Å². The van der Waals surface area contributed by atoms with Crippen LogP contribution < -0.4 is 10.1 Å². The zero-order chi connectivity index (χ0) is 11.9. The van der Waals surface area contributed by atoms with E-state index in [0.29, 0.717) is 0 Å². The number of piperidine rings is 1. The number of aryl methyl sites for hydroxylation is 1. The third-order valence-electron chi connectivity index (χ3n) is 4.27. The molecule has 0 radical (unpaired) electrons. The van der Waals surface area contributed by atoms with Gasteiger partial charge in [-0.25, -0.2) is 0 Å². The molecule has 19 heavy (non-hydrogen) atoms. The third kappa shape index (κ3) is 3.01. The number of benzene rings is 1. The standard InChI is InChI=1S/C15H20NO.CH3.W/c1-11-3-4-14-13(12(11)2)5-6-15(17-14)7-9-16-10-8-15;;/h3-5,16H,6-10H2,1-2H3;1H3;/q2*-1;+2. The SMILES string of the molecule is Cc1ccc2c(c1C)[CH-]CC1(CCNCC1)O2.[CH3-].[W+2]. The summed E-state index contributed by atoms with van der Waals surface area (Å²) in [5.74, 6) is 1.08. The van der Waals surface area contributed by atoms with Crippen molar-refractivity contribution < 1.29 is 25.8 Å². The van der Waals surface area contributed by atoms with Crippen LogP contribution in [-0.4, -0.2) is 18.7 Å². The second-order valence-corrected chi connectivity index (χ2v) is 5.36. The number of fused-ring (bicyclic) bond motifs is 1. The Balaban J connectivity index is 0.000000902. The molecule has 1 fully saturated rings. The smallest absolute Gasteiger partial charge is 0.546 e. The van der Waals surface area contributed by atoms with Crippen molar-refractivity contribution in [1.29, 1.82) is 0 Å². The fraction of sp³-hybridized carbons (Fsp3) is 0.500. The van der Waals surface area contributed by atoms with Gasteiger partial charge >= 0.3 is 21.1 Å². The van der Waals surface area contributed by atoms with Crippen molar-refractivity contribution in [2.24, 2.45) is 0 Å². The Hall–Kier alpha value is -0.462. The van der Waals surface area contributed by atoms with Gasteiger partial charge in [-0.2, -0.15) is 6.42 Å². The van der Waals surface area contributed by atoms with Crippen molar-refractivity contribution in [3.05, 3.63) is 42.7 Å². The van der Waals surface area contributed by atoms with Gasteiger partial charge in [-0.05, 0) is 32.4 Å². The van der Waals surface area contributed by atoms with Crippen LogP contribution in [0.25, 0.3) is 0 Å². The van der Waals surface area contributed by atoms with Crippen LogP contribution in [0.5, 0.6) is 5.75 Å². The number of hydrogen-bond donors (Lipinski definition) is 1. The maximum Gasteiger partial charge on any atom is 2.00 e. The minimum absolute atomic E-state index is 0. The van der Waals surface area contributed by atoms with E-state index in [1.54, 1.807) is 0 Å². The molecule has 1 aromatic carbocycles. The molecule has 0 aromatic heterocycles. The topological polar surface area (TPSA) is 21.3 Å². The molecule has 2 aliphatic heterocycles. The van der Waals surface area contributed by atoms with E-state index < -0.39 is 0 Å². The van der Waals surface area contributed by atoms with Gasteiger partial charge in [-0.3, -0.25) is 0 Å². The first-order chi connectivity index (χ1) is 8.20. The fourth-order valence-electron chi connectivity index (χ4n) is 2.91. The largest absolute Gasteiger partial charge is 2.00 e. The molecule has 2 nitrogen and oxygen atoms in total. The first kappa shape index (κ1) is 16.6. The second-order valence-electron chi connectivity index (χ2n) is 5.36. The maximum atomic E-state index is 6.32. The third-order valence-corrected chi connectivity index (χ3v) is 4.27. The number of ether oxygens (including phenoxy) is 1. The summed E-state index contributed by atoms with van der Waals surface area (Å²) >= 11 is 0. The first-order valence-electron chi connectivity index (χ1n) is 6.53. The second kappa shape index (κ2) is 6.33. The molecule has 0 aliphatic carbocycles. The summed E-state index contributed by atoms with van der Waals surface area (Å²) in [6.45, 7) is 6.51. The van der Waals surface area contributed by atoms with Crippen molar-refractivity contribution in [1.82, 2.24) is 5.32 Å². The quantitative estimate of drug-likeness (QED) is 0.640. The minimum Gasteiger partial charge on any atom is -0.546 e. The van der Waals surface area contributed by atoms with Gasteiger partial charge in [0.2, 0.25) is 0 Å². The van der Waals surface area contributed by atoms with E-state index in [9.17, 15) is 0 Å². The van der Waals surface area contributed by atoms with Crippen LogP contribution >= 0.6 is 0 Å². The minimum atomic E-state index is 0. The number of rotatable bonds is 0. The van der Waals surface area contributed by atoms with Gasteiger partial charge in [0.1, 0.15) is 0 Å². The van der Waals surface area contributed by atoms with Gasteiger partial charge in [-0.1, -0.05) is 26.0 Å². The molecule has 1 saturated heterocycles. The summed E-state index contributed by atoms with van der Waals surface area (Å²) in [5, 5.41) is 3.41. The van der Waals surface area contributed by atoms with Crippen LogP contribution in [0.3, 0.4) is 0 Å². The Morgan fingerprint density at radius 1 is 1.21 bits per heavy atom. The van der Waals surface area contributed by atoms with Crippen molar-refractivity contribution in [3.63, 3.8) is 0 Å². The molecule has 2 aliphatic rings. The fourth-order valence-corrected chi connectivity index (χ4v) is 2.91. The Labute approximate surface area is 131 Å². The van der Waals surface area contributed by atoms with E-state index in [0.717, 1.165) is 38.1 Å². The molecule has 2 heterocycles. The van der Waals surface area contributed by atoms with E-state index in [4.69, 9.17) is 4.74 Å². The van der Waals surface area contributed by atoms with Gasteiger partial charge in [0.25, 0.3) is 0 Å². The summed E-state index contributed by atoms with van der Waals surface area (Å²) in [4.78, 5) is 0. The molecule has 3 rings (SSSR count). The average molecular weight is 429 g/mol. The van der Waals surface area contributed by atoms with Crippen molar-refractivity contribution >= 4 is 0 Å². The molecule has 0 saturated carbocycles. The Morgan fingerprint density at radius 3 is 2.58 bits per heavy atom. The zero-order valence-electron chi connectivity index (χ0n) is 12.1. The Kier molecular flexibility index (Phi) is 5.52. The molecule has 1 aromatic rings.